The van der Waals surface area contributed by atoms with Crippen molar-refractivity contribution >= 4 is 5.97 Å². The number of carbonyl (C=O) groups excluding carboxylic acids is 1. The summed E-state index contributed by atoms with van der Waals surface area (Å²) in [4.78, 5) is 12.0. The van der Waals surface area contributed by atoms with Gasteiger partial charge >= 0.3 is 0 Å². The number of aromatic nitrogens is 5. The van der Waals surface area contributed by atoms with E-state index in [1.165, 1.54) is 38.3 Å². The van der Waals surface area contributed by atoms with Crippen molar-refractivity contribution in [1.82, 2.24) is 24.8 Å². The van der Waals surface area contributed by atoms with Crippen molar-refractivity contribution in [2.24, 2.45) is 13.0 Å². The second-order valence-electron chi connectivity index (χ2n) is 10.7. The molecule has 0 amide bonds. The van der Waals surface area contributed by atoms with E-state index in [9.17, 15) is 9.90 Å². The first-order chi connectivity index (χ1) is 18.5. The molecule has 6 rings (SSSR count). The summed E-state index contributed by atoms with van der Waals surface area (Å²) in [6.45, 7) is 2.18. The number of hydrogen-bond donors (Lipinski definition) is 0. The summed E-state index contributed by atoms with van der Waals surface area (Å²) in [5.74, 6) is 0.364. The van der Waals surface area contributed by atoms with Crippen molar-refractivity contribution in [1.29, 1.82) is 0 Å². The van der Waals surface area contributed by atoms with Gasteiger partial charge in [0.25, 0.3) is 0 Å². The molecule has 2 aliphatic rings. The van der Waals surface area contributed by atoms with Gasteiger partial charge in [-0.15, -0.1) is 5.10 Å². The molecule has 3 atom stereocenters. The maximum Gasteiger partial charge on any atom is 0.120 e. The van der Waals surface area contributed by atoms with E-state index in [2.05, 4.69) is 40.5 Å². The number of ether oxygens (including phenoxy) is 1. The molecule has 2 heterocycles. The molecule has 0 bridgehead atoms. The van der Waals surface area contributed by atoms with Crippen LogP contribution in [0.5, 0.6) is 5.75 Å². The summed E-state index contributed by atoms with van der Waals surface area (Å²) in [7, 11) is 1.83. The lowest BCUT2D eigenvalue weighted by Gasteiger charge is -2.28. The van der Waals surface area contributed by atoms with Gasteiger partial charge in [-0.3, -0.25) is 4.68 Å². The third-order valence-electron chi connectivity index (χ3n) is 8.06. The number of rotatable bonds is 8. The predicted molar refractivity (Wildman–Crippen MR) is 141 cm³/mol. The maximum atomic E-state index is 12.0. The van der Waals surface area contributed by atoms with Gasteiger partial charge in [-0.2, -0.15) is 5.10 Å². The maximum absolute atomic E-state index is 12.0. The molecular formula is C30H32N5O3-. The molecule has 0 spiro atoms. The second-order valence-corrected chi connectivity index (χ2v) is 10.7. The number of nitrogens with zero attached hydrogens (tertiary/aromatic N) is 5. The van der Waals surface area contributed by atoms with Crippen LogP contribution < -0.4 is 9.84 Å². The fourth-order valence-corrected chi connectivity index (χ4v) is 5.92. The average Bonchev–Trinajstić information content (AvgIpc) is 3.38. The summed E-state index contributed by atoms with van der Waals surface area (Å²) in [6, 6.07) is 16.2. The van der Waals surface area contributed by atoms with Crippen LogP contribution in [0.4, 0.5) is 0 Å². The van der Waals surface area contributed by atoms with Gasteiger partial charge in [0.2, 0.25) is 0 Å². The molecule has 8 nitrogen and oxygen atoms in total. The number of aromatic carboxylic acids is 1. The Hall–Kier alpha value is -3.94. The van der Waals surface area contributed by atoms with Crippen molar-refractivity contribution in [3.8, 4) is 22.6 Å². The van der Waals surface area contributed by atoms with Crippen LogP contribution >= 0.6 is 0 Å². The second kappa shape index (κ2) is 10.1. The number of carboxylic acids is 1. The van der Waals surface area contributed by atoms with Crippen LogP contribution in [0.2, 0.25) is 0 Å². The lowest BCUT2D eigenvalue weighted by atomic mass is 9.86. The first-order valence-corrected chi connectivity index (χ1v) is 13.5. The molecule has 0 saturated heterocycles. The summed E-state index contributed by atoms with van der Waals surface area (Å²) in [5, 5.41) is 24.7. The summed E-state index contributed by atoms with van der Waals surface area (Å²) < 4.78 is 9.78. The van der Waals surface area contributed by atoms with Crippen molar-refractivity contribution < 1.29 is 14.6 Å². The number of aryl methyl sites for hydroxylation is 1. The molecule has 38 heavy (non-hydrogen) atoms. The highest BCUT2D eigenvalue weighted by Crippen LogP contribution is 2.55. The molecular weight excluding hydrogens is 478 g/mol. The van der Waals surface area contributed by atoms with Gasteiger partial charge in [-0.25, -0.2) is 4.68 Å². The Morgan fingerprint density at radius 2 is 1.82 bits per heavy atom. The monoisotopic (exact) mass is 510 g/mol. The van der Waals surface area contributed by atoms with Crippen LogP contribution in [0.1, 0.15) is 79.0 Å². The zero-order valence-corrected chi connectivity index (χ0v) is 21.8. The predicted octanol–water partition coefficient (Wildman–Crippen LogP) is 4.65. The summed E-state index contributed by atoms with van der Waals surface area (Å²) >= 11 is 0. The number of benzene rings is 2. The van der Waals surface area contributed by atoms with Crippen LogP contribution in [0.3, 0.4) is 0 Å². The van der Waals surface area contributed by atoms with Gasteiger partial charge in [0.15, 0.2) is 0 Å². The molecule has 0 aliphatic heterocycles. The average molecular weight is 511 g/mol. The van der Waals surface area contributed by atoms with Crippen molar-refractivity contribution in [2.75, 3.05) is 0 Å². The molecule has 0 unspecified atom stereocenters. The highest BCUT2D eigenvalue weighted by Gasteiger charge is 2.45. The Morgan fingerprint density at radius 1 is 1.05 bits per heavy atom. The molecule has 0 radical (unpaired) electrons. The normalized spacial score (nSPS) is 20.3. The van der Waals surface area contributed by atoms with Gasteiger partial charge in [0, 0.05) is 30.6 Å². The molecule has 4 aromatic rings. The van der Waals surface area contributed by atoms with E-state index in [1.54, 1.807) is 9.36 Å². The molecule has 0 N–H and O–H groups in total. The van der Waals surface area contributed by atoms with Crippen molar-refractivity contribution in [3.05, 3.63) is 77.9 Å². The smallest absolute Gasteiger partial charge is 0.120 e. The van der Waals surface area contributed by atoms with E-state index >= 15 is 0 Å². The third-order valence-corrected chi connectivity index (χ3v) is 8.06. The zero-order chi connectivity index (χ0) is 26.2. The quantitative estimate of drug-likeness (QED) is 0.342. The highest BCUT2D eigenvalue weighted by atomic mass is 16.5. The summed E-state index contributed by atoms with van der Waals surface area (Å²) in [6.07, 6.45) is 10.7. The van der Waals surface area contributed by atoms with Crippen LogP contribution in [0.25, 0.3) is 16.8 Å². The van der Waals surface area contributed by atoms with E-state index in [-0.39, 0.29) is 23.5 Å². The van der Waals surface area contributed by atoms with Gasteiger partial charge in [-0.1, -0.05) is 48.7 Å². The minimum absolute atomic E-state index is 0.0104. The van der Waals surface area contributed by atoms with Crippen LogP contribution in [0, 0.1) is 5.92 Å². The molecule has 2 aromatic carbocycles. The lowest BCUT2D eigenvalue weighted by Crippen LogP contribution is -2.25. The van der Waals surface area contributed by atoms with Crippen molar-refractivity contribution in [3.63, 3.8) is 0 Å². The largest absolute Gasteiger partial charge is 0.545 e. The topological polar surface area (TPSA) is 97.9 Å². The molecule has 2 saturated carbocycles. The van der Waals surface area contributed by atoms with Crippen LogP contribution in [-0.2, 0) is 7.05 Å². The standard InChI is InChI=1S/C30H33N5O3/c1-19(20-8-4-3-5-9-20)38-24-13-7-11-22(15-24)21-10-6-12-23(14-21)35-29(27(17-31-35)30(36)37)26-16-25(26)28-18-34(2)33-32-28/h6-7,10-15,17-20,25-26H,3-5,8-9,16H2,1-2H3,(H,36,37)/p-1/t19-,25-,26+/m0/s1. The first kappa shape index (κ1) is 24.4. The fourth-order valence-electron chi connectivity index (χ4n) is 5.92. The van der Waals surface area contributed by atoms with Crippen LogP contribution in [-0.4, -0.2) is 36.8 Å². The number of hydrogen-bond acceptors (Lipinski definition) is 6. The van der Waals surface area contributed by atoms with E-state index in [4.69, 9.17) is 4.74 Å². The Labute approximate surface area is 222 Å². The Morgan fingerprint density at radius 3 is 2.55 bits per heavy atom. The molecule has 196 valence electrons. The SMILES string of the molecule is C[C@H](Oc1cccc(-c2cccc(-n3ncc(C(=O)[O-])c3[C@@H]3C[C@@H]3c3cn(C)nn3)c2)c1)C1CCCCC1. The minimum atomic E-state index is -1.22. The number of carbonyl (C=O) groups is 1. The van der Waals surface area contributed by atoms with Crippen LogP contribution in [0.15, 0.2) is 60.9 Å². The molecule has 8 heteroatoms. The van der Waals surface area contributed by atoms with Crippen molar-refractivity contribution in [2.45, 2.75) is 63.4 Å². The zero-order valence-electron chi connectivity index (χ0n) is 21.8. The Balaban J connectivity index is 1.28. The molecule has 2 aromatic heterocycles. The summed E-state index contributed by atoms with van der Waals surface area (Å²) in [5.41, 5.74) is 4.49. The number of carboxylic acid groups (broad SMARTS) is 1. The van der Waals surface area contributed by atoms with Gasteiger partial charge < -0.3 is 14.6 Å². The Kier molecular flexibility index (Phi) is 6.47. The van der Waals surface area contributed by atoms with E-state index in [1.807, 2.05) is 43.6 Å². The minimum Gasteiger partial charge on any atom is -0.545 e. The third kappa shape index (κ3) is 4.83. The molecule has 2 fully saturated rings. The van der Waals surface area contributed by atoms with E-state index in [0.29, 0.717) is 11.6 Å². The van der Waals surface area contributed by atoms with Gasteiger partial charge in [0.05, 0.1) is 35.3 Å². The molecule has 2 aliphatic carbocycles. The first-order valence-electron chi connectivity index (χ1n) is 13.5. The highest BCUT2D eigenvalue weighted by molar-refractivity contribution is 5.87. The Bertz CT molecular complexity index is 1450. The fraction of sp³-hybridized carbons (Fsp3) is 0.400. The van der Waals surface area contributed by atoms with Gasteiger partial charge in [-0.05, 0) is 67.5 Å². The lowest BCUT2D eigenvalue weighted by molar-refractivity contribution is -0.255. The van der Waals surface area contributed by atoms with E-state index < -0.39 is 5.97 Å². The van der Waals surface area contributed by atoms with Gasteiger partial charge in [0.1, 0.15) is 5.75 Å². The van der Waals surface area contributed by atoms with E-state index in [0.717, 1.165) is 34.7 Å².